The lowest BCUT2D eigenvalue weighted by atomic mass is 10.3. The molecule has 0 amide bonds. The van der Waals surface area contributed by atoms with Crippen LogP contribution in [0.2, 0.25) is 5.02 Å². The predicted molar refractivity (Wildman–Crippen MR) is 75.5 cm³/mol. The lowest BCUT2D eigenvalue weighted by molar-refractivity contribution is 0.586. The topological polar surface area (TPSA) is 49.8 Å². The zero-order chi connectivity index (χ0) is 14.5. The number of rotatable bonds is 5. The SMILES string of the molecule is CCCNc1cc(Nc2c(F)cc(F)cc2Cl)ncn1. The molecule has 0 bridgehead atoms. The molecule has 1 heterocycles. The number of nitrogens with zero attached hydrogens (tertiary/aromatic N) is 2. The molecule has 0 aliphatic carbocycles. The van der Waals surface area contributed by atoms with Crippen LogP contribution in [-0.2, 0) is 0 Å². The summed E-state index contributed by atoms with van der Waals surface area (Å²) in [6, 6.07) is 3.41. The second-order valence-corrected chi connectivity index (χ2v) is 4.49. The molecule has 2 N–H and O–H groups in total. The van der Waals surface area contributed by atoms with Crippen LogP contribution < -0.4 is 10.6 Å². The van der Waals surface area contributed by atoms with E-state index in [-0.39, 0.29) is 10.7 Å². The van der Waals surface area contributed by atoms with E-state index >= 15 is 0 Å². The number of halogens is 3. The third-order valence-corrected chi connectivity index (χ3v) is 2.78. The Kier molecular flexibility index (Phi) is 4.68. The van der Waals surface area contributed by atoms with E-state index in [2.05, 4.69) is 20.6 Å². The molecule has 7 heteroatoms. The first-order valence-corrected chi connectivity index (χ1v) is 6.45. The second kappa shape index (κ2) is 6.47. The summed E-state index contributed by atoms with van der Waals surface area (Å²) in [4.78, 5) is 7.99. The van der Waals surface area contributed by atoms with Gasteiger partial charge in [0.2, 0.25) is 0 Å². The van der Waals surface area contributed by atoms with Crippen LogP contribution in [0, 0.1) is 11.6 Å². The van der Waals surface area contributed by atoms with Crippen molar-refractivity contribution in [3.63, 3.8) is 0 Å². The highest BCUT2D eigenvalue weighted by Gasteiger charge is 2.11. The van der Waals surface area contributed by atoms with Gasteiger partial charge in [-0.05, 0) is 12.5 Å². The van der Waals surface area contributed by atoms with E-state index in [4.69, 9.17) is 11.6 Å². The molecule has 20 heavy (non-hydrogen) atoms. The molecule has 2 rings (SSSR count). The standard InChI is InChI=1S/C13H13ClF2N4/c1-2-3-17-11-6-12(19-7-18-11)20-13-9(14)4-8(15)5-10(13)16/h4-7H,2-3H2,1H3,(H2,17,18,19,20). The van der Waals surface area contributed by atoms with Gasteiger partial charge in [-0.2, -0.15) is 0 Å². The Hall–Kier alpha value is -1.95. The summed E-state index contributed by atoms with van der Waals surface area (Å²) in [6.45, 7) is 2.79. The molecule has 0 unspecified atom stereocenters. The monoisotopic (exact) mass is 298 g/mol. The summed E-state index contributed by atoms with van der Waals surface area (Å²) in [7, 11) is 0. The third kappa shape index (κ3) is 3.54. The lowest BCUT2D eigenvalue weighted by Gasteiger charge is -2.10. The number of aromatic nitrogens is 2. The van der Waals surface area contributed by atoms with Crippen LogP contribution in [0.4, 0.5) is 26.1 Å². The van der Waals surface area contributed by atoms with E-state index in [1.54, 1.807) is 6.07 Å². The highest BCUT2D eigenvalue weighted by Crippen LogP contribution is 2.29. The van der Waals surface area contributed by atoms with E-state index < -0.39 is 11.6 Å². The van der Waals surface area contributed by atoms with Crippen molar-refractivity contribution in [3.05, 3.63) is 41.2 Å². The normalized spacial score (nSPS) is 10.4. The number of nitrogens with one attached hydrogen (secondary N) is 2. The summed E-state index contributed by atoms with van der Waals surface area (Å²) >= 11 is 5.81. The predicted octanol–water partition coefficient (Wildman–Crippen LogP) is 3.97. The molecule has 0 saturated heterocycles. The van der Waals surface area contributed by atoms with Gasteiger partial charge in [0.25, 0.3) is 0 Å². The lowest BCUT2D eigenvalue weighted by Crippen LogP contribution is -2.04. The van der Waals surface area contributed by atoms with Crippen LogP contribution in [-0.4, -0.2) is 16.5 Å². The molecule has 1 aromatic carbocycles. The van der Waals surface area contributed by atoms with Gasteiger partial charge in [-0.25, -0.2) is 18.7 Å². The van der Waals surface area contributed by atoms with E-state index in [0.29, 0.717) is 11.6 Å². The van der Waals surface area contributed by atoms with Gasteiger partial charge in [0.15, 0.2) is 5.82 Å². The maximum atomic E-state index is 13.7. The Labute approximate surface area is 120 Å². The van der Waals surface area contributed by atoms with Crippen molar-refractivity contribution in [1.29, 1.82) is 0 Å². The summed E-state index contributed by atoms with van der Waals surface area (Å²) in [6.07, 6.45) is 2.29. The molecule has 0 aliphatic heterocycles. The first-order valence-electron chi connectivity index (χ1n) is 6.07. The molecule has 1 aromatic heterocycles. The summed E-state index contributed by atoms with van der Waals surface area (Å²) in [5.41, 5.74) is -0.0202. The van der Waals surface area contributed by atoms with Crippen molar-refractivity contribution >= 4 is 28.9 Å². The second-order valence-electron chi connectivity index (χ2n) is 4.08. The first-order chi connectivity index (χ1) is 9.60. The van der Waals surface area contributed by atoms with Crippen molar-refractivity contribution in [2.24, 2.45) is 0 Å². The first kappa shape index (κ1) is 14.5. The Bertz CT molecular complexity index is 584. The maximum absolute atomic E-state index is 13.7. The van der Waals surface area contributed by atoms with Crippen molar-refractivity contribution in [1.82, 2.24) is 9.97 Å². The minimum Gasteiger partial charge on any atom is -0.370 e. The van der Waals surface area contributed by atoms with E-state index in [9.17, 15) is 8.78 Å². The molecule has 0 fully saturated rings. The van der Waals surface area contributed by atoms with Crippen molar-refractivity contribution in [3.8, 4) is 0 Å². The van der Waals surface area contributed by atoms with E-state index in [0.717, 1.165) is 25.1 Å². The molecular formula is C13H13ClF2N4. The van der Waals surface area contributed by atoms with Gasteiger partial charge < -0.3 is 10.6 Å². The van der Waals surface area contributed by atoms with Crippen molar-refractivity contribution in [2.75, 3.05) is 17.2 Å². The fourth-order valence-electron chi connectivity index (χ4n) is 1.57. The summed E-state index contributed by atoms with van der Waals surface area (Å²) < 4.78 is 26.6. The van der Waals surface area contributed by atoms with Crippen LogP contribution in [0.25, 0.3) is 0 Å². The quantitative estimate of drug-likeness (QED) is 0.877. The molecule has 4 nitrogen and oxygen atoms in total. The van der Waals surface area contributed by atoms with Gasteiger partial charge in [-0.1, -0.05) is 18.5 Å². The molecule has 0 spiro atoms. The highest BCUT2D eigenvalue weighted by atomic mass is 35.5. The molecule has 0 atom stereocenters. The smallest absolute Gasteiger partial charge is 0.151 e. The molecule has 106 valence electrons. The van der Waals surface area contributed by atoms with Crippen LogP contribution in [0.3, 0.4) is 0 Å². The van der Waals surface area contributed by atoms with E-state index in [1.807, 2.05) is 6.92 Å². The van der Waals surface area contributed by atoms with Crippen LogP contribution in [0.15, 0.2) is 24.5 Å². The van der Waals surface area contributed by atoms with Crippen LogP contribution >= 0.6 is 11.6 Å². The van der Waals surface area contributed by atoms with Crippen LogP contribution in [0.5, 0.6) is 0 Å². The van der Waals surface area contributed by atoms with Crippen LogP contribution in [0.1, 0.15) is 13.3 Å². The Balaban J connectivity index is 2.22. The Morgan fingerprint density at radius 2 is 1.90 bits per heavy atom. The van der Waals surface area contributed by atoms with Gasteiger partial charge >= 0.3 is 0 Å². The fourth-order valence-corrected chi connectivity index (χ4v) is 1.81. The molecular weight excluding hydrogens is 286 g/mol. The fraction of sp³-hybridized carbons (Fsp3) is 0.231. The maximum Gasteiger partial charge on any atom is 0.151 e. The number of anilines is 3. The van der Waals surface area contributed by atoms with Gasteiger partial charge in [-0.15, -0.1) is 0 Å². The largest absolute Gasteiger partial charge is 0.370 e. The number of hydrogen-bond acceptors (Lipinski definition) is 4. The Morgan fingerprint density at radius 1 is 1.15 bits per heavy atom. The average Bonchev–Trinajstić information content (AvgIpc) is 2.41. The molecule has 2 aromatic rings. The van der Waals surface area contributed by atoms with Gasteiger partial charge in [0.1, 0.15) is 23.8 Å². The third-order valence-electron chi connectivity index (χ3n) is 2.48. The zero-order valence-corrected chi connectivity index (χ0v) is 11.5. The van der Waals surface area contributed by atoms with Crippen molar-refractivity contribution in [2.45, 2.75) is 13.3 Å². The molecule has 0 radical (unpaired) electrons. The minimum atomic E-state index is -0.781. The molecule has 0 saturated carbocycles. The summed E-state index contributed by atoms with van der Waals surface area (Å²) in [5.74, 6) is -0.531. The number of benzene rings is 1. The zero-order valence-electron chi connectivity index (χ0n) is 10.8. The van der Waals surface area contributed by atoms with E-state index in [1.165, 1.54) is 6.33 Å². The molecule has 0 aliphatic rings. The summed E-state index contributed by atoms with van der Waals surface area (Å²) in [5, 5.41) is 5.75. The highest BCUT2D eigenvalue weighted by molar-refractivity contribution is 6.33. The minimum absolute atomic E-state index is 0.0202. The van der Waals surface area contributed by atoms with Crippen molar-refractivity contribution < 1.29 is 8.78 Å². The van der Waals surface area contributed by atoms with Gasteiger partial charge in [0, 0.05) is 18.7 Å². The van der Waals surface area contributed by atoms with Gasteiger partial charge in [0.05, 0.1) is 10.7 Å². The average molecular weight is 299 g/mol. The van der Waals surface area contributed by atoms with Gasteiger partial charge in [-0.3, -0.25) is 0 Å². The Morgan fingerprint density at radius 3 is 2.60 bits per heavy atom. The number of hydrogen-bond donors (Lipinski definition) is 2.